The molecule has 138 valence electrons. The molecule has 0 unspecified atom stereocenters. The molecule has 0 atom stereocenters. The largest absolute Gasteiger partial charge is 0.381 e. The molecule has 26 heavy (non-hydrogen) atoms. The van der Waals surface area contributed by atoms with E-state index < -0.39 is 0 Å². The van der Waals surface area contributed by atoms with Crippen LogP contribution in [-0.2, 0) is 17.2 Å². The van der Waals surface area contributed by atoms with Crippen molar-refractivity contribution >= 4 is 11.7 Å². The van der Waals surface area contributed by atoms with E-state index in [0.717, 1.165) is 5.56 Å². The predicted molar refractivity (Wildman–Crippen MR) is 95.9 cm³/mol. The fraction of sp³-hybridized carbons (Fsp3) is 0.400. The third-order valence-electron chi connectivity index (χ3n) is 5.12. The average Bonchev–Trinajstić information content (AvgIpc) is 3.03. The van der Waals surface area contributed by atoms with Gasteiger partial charge in [0.05, 0.1) is 0 Å². The van der Waals surface area contributed by atoms with E-state index in [1.165, 1.54) is 19.1 Å². The lowest BCUT2D eigenvalue weighted by molar-refractivity contribution is 0.0485. The lowest BCUT2D eigenvalue weighted by atomic mass is 9.74. The number of rotatable bonds is 5. The van der Waals surface area contributed by atoms with Gasteiger partial charge in [-0.25, -0.2) is 4.39 Å². The first-order valence-electron chi connectivity index (χ1n) is 8.71. The van der Waals surface area contributed by atoms with Crippen LogP contribution in [0.25, 0.3) is 0 Å². The fourth-order valence-electron chi connectivity index (χ4n) is 3.47. The van der Waals surface area contributed by atoms with Gasteiger partial charge < -0.3 is 14.6 Å². The smallest absolute Gasteiger partial charge is 0.267 e. The number of benzene rings is 1. The van der Waals surface area contributed by atoms with Crippen LogP contribution < -0.4 is 5.32 Å². The number of ketones is 1. The van der Waals surface area contributed by atoms with Crippen molar-refractivity contribution in [1.29, 1.82) is 0 Å². The number of Topliss-reactive ketones (excluding diaryl/α,β-unsaturated/α-hetero) is 1. The highest BCUT2D eigenvalue weighted by molar-refractivity contribution is 5.99. The fourth-order valence-corrected chi connectivity index (χ4v) is 3.47. The highest BCUT2D eigenvalue weighted by Gasteiger charge is 2.35. The number of hydrogen-bond acceptors (Lipinski definition) is 3. The van der Waals surface area contributed by atoms with Gasteiger partial charge >= 0.3 is 0 Å². The van der Waals surface area contributed by atoms with Crippen LogP contribution in [0.4, 0.5) is 4.39 Å². The predicted octanol–water partition coefficient (Wildman–Crippen LogP) is 2.85. The van der Waals surface area contributed by atoms with E-state index in [2.05, 4.69) is 5.32 Å². The molecule has 1 amide bonds. The van der Waals surface area contributed by atoms with E-state index in [9.17, 15) is 14.0 Å². The zero-order chi connectivity index (χ0) is 18.7. The van der Waals surface area contributed by atoms with Crippen molar-refractivity contribution in [3.63, 3.8) is 0 Å². The molecule has 6 heteroatoms. The molecule has 0 spiro atoms. The molecule has 0 aliphatic carbocycles. The van der Waals surface area contributed by atoms with E-state index in [1.54, 1.807) is 29.9 Å². The maximum atomic E-state index is 13.7. The van der Waals surface area contributed by atoms with Gasteiger partial charge in [0.1, 0.15) is 11.5 Å². The molecule has 0 bridgehead atoms. The maximum absolute atomic E-state index is 13.7. The summed E-state index contributed by atoms with van der Waals surface area (Å²) in [5.74, 6) is -0.615. The van der Waals surface area contributed by atoms with Crippen LogP contribution in [0.3, 0.4) is 0 Å². The molecule has 2 heterocycles. The summed E-state index contributed by atoms with van der Waals surface area (Å²) in [4.78, 5) is 24.1. The molecule has 1 aliphatic heterocycles. The Hall–Kier alpha value is -2.47. The second-order valence-electron chi connectivity index (χ2n) is 6.87. The lowest BCUT2D eigenvalue weighted by Crippen LogP contribution is -2.45. The van der Waals surface area contributed by atoms with Gasteiger partial charge in [0.25, 0.3) is 5.91 Å². The first-order chi connectivity index (χ1) is 12.4. The molecule has 0 saturated carbocycles. The normalized spacial score (nSPS) is 16.3. The Morgan fingerprint density at radius 3 is 2.62 bits per heavy atom. The summed E-state index contributed by atoms with van der Waals surface area (Å²) in [7, 11) is 1.73. The molecule has 1 aliphatic rings. The molecule has 1 saturated heterocycles. The number of aryl methyl sites for hydroxylation is 1. The van der Waals surface area contributed by atoms with Crippen molar-refractivity contribution in [3.8, 4) is 0 Å². The van der Waals surface area contributed by atoms with E-state index >= 15 is 0 Å². The summed E-state index contributed by atoms with van der Waals surface area (Å²) < 4.78 is 20.8. The minimum atomic E-state index is -0.357. The Morgan fingerprint density at radius 2 is 2.00 bits per heavy atom. The van der Waals surface area contributed by atoms with Crippen molar-refractivity contribution < 1.29 is 18.7 Å². The molecule has 1 fully saturated rings. The van der Waals surface area contributed by atoms with Crippen molar-refractivity contribution in [2.24, 2.45) is 7.05 Å². The highest BCUT2D eigenvalue weighted by Crippen LogP contribution is 2.34. The van der Waals surface area contributed by atoms with E-state index in [0.29, 0.717) is 43.9 Å². The summed E-state index contributed by atoms with van der Waals surface area (Å²) in [5.41, 5.74) is 1.45. The standard InChI is InChI=1S/C20H23FN2O3/c1-14(24)15-10-18(23(2)12-15)19(25)22-13-20(6-8-26-9-7-20)16-4-3-5-17(21)11-16/h3-5,10-12H,6-9,13H2,1-2H3,(H,22,25). The molecule has 1 aromatic carbocycles. The number of carbonyl (C=O) groups is 2. The van der Waals surface area contributed by atoms with Crippen molar-refractivity contribution in [1.82, 2.24) is 9.88 Å². The number of aromatic nitrogens is 1. The molecular weight excluding hydrogens is 335 g/mol. The van der Waals surface area contributed by atoms with Gasteiger partial charge in [-0.15, -0.1) is 0 Å². The van der Waals surface area contributed by atoms with Gasteiger partial charge in [0.15, 0.2) is 5.78 Å². The number of hydrogen-bond donors (Lipinski definition) is 1. The molecule has 1 N–H and O–H groups in total. The number of nitrogens with zero attached hydrogens (tertiary/aromatic N) is 1. The number of nitrogens with one attached hydrogen (secondary N) is 1. The first kappa shape index (κ1) is 18.3. The van der Waals surface area contributed by atoms with Gasteiger partial charge in [-0.2, -0.15) is 0 Å². The second kappa shape index (κ2) is 7.41. The molecule has 3 rings (SSSR count). The third kappa shape index (κ3) is 3.70. The summed E-state index contributed by atoms with van der Waals surface area (Å²) in [6, 6.07) is 8.14. The number of ether oxygens (including phenoxy) is 1. The quantitative estimate of drug-likeness (QED) is 0.836. The van der Waals surface area contributed by atoms with Gasteiger partial charge in [-0.1, -0.05) is 12.1 Å². The van der Waals surface area contributed by atoms with Crippen molar-refractivity contribution in [3.05, 3.63) is 59.2 Å². The van der Waals surface area contributed by atoms with E-state index in [4.69, 9.17) is 4.74 Å². The highest BCUT2D eigenvalue weighted by atomic mass is 19.1. The van der Waals surface area contributed by atoms with E-state index in [1.807, 2.05) is 6.07 Å². The monoisotopic (exact) mass is 358 g/mol. The molecule has 5 nitrogen and oxygen atoms in total. The van der Waals surface area contributed by atoms with Crippen LogP contribution in [0.15, 0.2) is 36.5 Å². The van der Waals surface area contributed by atoms with Crippen LogP contribution in [-0.4, -0.2) is 36.0 Å². The SMILES string of the molecule is CC(=O)c1cc(C(=O)NCC2(c3cccc(F)c3)CCOCC2)n(C)c1. The van der Waals surface area contributed by atoms with Crippen molar-refractivity contribution in [2.75, 3.05) is 19.8 Å². The summed E-state index contributed by atoms with van der Waals surface area (Å²) >= 11 is 0. The van der Waals surface area contributed by atoms with Gasteiger partial charge in [0.2, 0.25) is 0 Å². The zero-order valence-electron chi connectivity index (χ0n) is 15.0. The molecular formula is C20H23FN2O3. The minimum absolute atomic E-state index is 0.0830. The van der Waals surface area contributed by atoms with Crippen LogP contribution in [0, 0.1) is 5.82 Å². The first-order valence-corrected chi connectivity index (χ1v) is 8.71. The van der Waals surface area contributed by atoms with Gasteiger partial charge in [0, 0.05) is 44.0 Å². The Bertz CT molecular complexity index is 822. The Morgan fingerprint density at radius 1 is 1.27 bits per heavy atom. The summed E-state index contributed by atoms with van der Waals surface area (Å²) in [5, 5.41) is 2.97. The number of carbonyl (C=O) groups excluding carboxylic acids is 2. The summed E-state index contributed by atoms with van der Waals surface area (Å²) in [6.45, 7) is 3.01. The van der Waals surface area contributed by atoms with Crippen LogP contribution in [0.1, 0.15) is 46.2 Å². The lowest BCUT2D eigenvalue weighted by Gasteiger charge is -2.38. The molecule has 0 radical (unpaired) electrons. The second-order valence-corrected chi connectivity index (χ2v) is 6.87. The van der Waals surface area contributed by atoms with Gasteiger partial charge in [-0.3, -0.25) is 9.59 Å². The Balaban J connectivity index is 1.80. The Labute approximate surface area is 152 Å². The number of amides is 1. The maximum Gasteiger partial charge on any atom is 0.267 e. The van der Waals surface area contributed by atoms with Crippen LogP contribution >= 0.6 is 0 Å². The summed E-state index contributed by atoms with van der Waals surface area (Å²) in [6.07, 6.45) is 3.07. The topological polar surface area (TPSA) is 60.3 Å². The average molecular weight is 358 g/mol. The van der Waals surface area contributed by atoms with Crippen molar-refractivity contribution in [2.45, 2.75) is 25.2 Å². The van der Waals surface area contributed by atoms with Crippen LogP contribution in [0.2, 0.25) is 0 Å². The molecule has 1 aromatic heterocycles. The number of halogens is 1. The van der Waals surface area contributed by atoms with E-state index in [-0.39, 0.29) is 22.9 Å². The molecule has 2 aromatic rings. The minimum Gasteiger partial charge on any atom is -0.381 e. The zero-order valence-corrected chi connectivity index (χ0v) is 15.0. The third-order valence-corrected chi connectivity index (χ3v) is 5.12. The van der Waals surface area contributed by atoms with Gasteiger partial charge in [-0.05, 0) is 43.5 Å². The van der Waals surface area contributed by atoms with Crippen LogP contribution in [0.5, 0.6) is 0 Å². The Kier molecular flexibility index (Phi) is 5.23.